The molecule has 0 unspecified atom stereocenters. The first-order valence-corrected chi connectivity index (χ1v) is 10.9. The van der Waals surface area contributed by atoms with Gasteiger partial charge in [0.25, 0.3) is 0 Å². The van der Waals surface area contributed by atoms with Crippen LogP contribution < -0.4 is 31.5 Å². The molecule has 0 aliphatic carbocycles. The first kappa shape index (κ1) is 26.4. The summed E-state index contributed by atoms with van der Waals surface area (Å²) in [6.45, 7) is -0.0187. The molecule has 0 saturated carbocycles. The van der Waals surface area contributed by atoms with Gasteiger partial charge in [-0.25, -0.2) is 0 Å². The van der Waals surface area contributed by atoms with Gasteiger partial charge in [0.15, 0.2) is 0 Å². The van der Waals surface area contributed by atoms with E-state index in [9.17, 15) is 39.7 Å². The molecule has 1 aliphatic heterocycles. The number of hydrogen-bond donors (Lipinski definition) is 5. The first-order valence-electron chi connectivity index (χ1n) is 10.9. The number of carboxylic acid groups (broad SMARTS) is 2. The van der Waals surface area contributed by atoms with Crippen molar-refractivity contribution in [3.63, 3.8) is 0 Å². The summed E-state index contributed by atoms with van der Waals surface area (Å²) < 4.78 is 5.43. The Morgan fingerprint density at radius 1 is 1.06 bits per heavy atom. The number of rotatable bonds is 12. The number of carbonyl (C=O) groups is 4. The second-order valence-corrected chi connectivity index (χ2v) is 8.15. The van der Waals surface area contributed by atoms with Crippen LogP contribution in [0, 0.1) is 0 Å². The minimum Gasteiger partial charge on any atom is -0.548 e. The molecule has 1 aliphatic rings. The van der Waals surface area contributed by atoms with Gasteiger partial charge in [-0.3, -0.25) is 9.59 Å². The number of carbonyl (C=O) groups excluding carboxylic acids is 4. The Kier molecular flexibility index (Phi) is 8.42. The molecule has 3 rings (SSSR count). The number of phenolic OH excluding ortho intramolecular Hbond substituents is 1. The van der Waals surface area contributed by atoms with Crippen LogP contribution in [-0.2, 0) is 19.2 Å². The summed E-state index contributed by atoms with van der Waals surface area (Å²) in [5.41, 5.74) is 5.87. The van der Waals surface area contributed by atoms with Crippen LogP contribution in [0.3, 0.4) is 0 Å². The van der Waals surface area contributed by atoms with E-state index in [0.29, 0.717) is 11.3 Å². The number of nitrogens with zero attached hydrogens (tertiary/aromatic N) is 1. The number of phenols is 1. The lowest BCUT2D eigenvalue weighted by Crippen LogP contribution is -2.68. The Bertz CT molecular complexity index is 1110. The van der Waals surface area contributed by atoms with E-state index in [1.165, 1.54) is 48.5 Å². The Labute approximate surface area is 205 Å². The topological polar surface area (TPSA) is 219 Å². The van der Waals surface area contributed by atoms with Gasteiger partial charge in [-0.1, -0.05) is 24.3 Å². The van der Waals surface area contributed by atoms with Crippen molar-refractivity contribution in [1.29, 1.82) is 0 Å². The number of nitrogens with one attached hydrogen (secondary N) is 2. The van der Waals surface area contributed by atoms with Crippen molar-refractivity contribution in [2.45, 2.75) is 30.6 Å². The average molecular weight is 501 g/mol. The molecule has 1 fully saturated rings. The van der Waals surface area contributed by atoms with E-state index in [2.05, 4.69) is 11.1 Å². The molecule has 2 aromatic rings. The van der Waals surface area contributed by atoms with Crippen molar-refractivity contribution in [2.24, 2.45) is 0 Å². The lowest BCUT2D eigenvalue weighted by Gasteiger charge is -2.44. The fraction of sp³-hybridized carbons (Fsp3) is 0.304. The summed E-state index contributed by atoms with van der Waals surface area (Å²) in [6, 6.07) is 6.76. The van der Waals surface area contributed by atoms with E-state index in [1.807, 2.05) is 5.48 Å². The van der Waals surface area contributed by atoms with Gasteiger partial charge in [0.2, 0.25) is 11.8 Å². The Morgan fingerprint density at radius 3 is 2.19 bits per heavy atom. The van der Waals surface area contributed by atoms with Crippen molar-refractivity contribution in [3.8, 4) is 11.5 Å². The van der Waals surface area contributed by atoms with Crippen molar-refractivity contribution in [3.05, 3.63) is 59.7 Å². The highest BCUT2D eigenvalue weighted by molar-refractivity contribution is 5.96. The van der Waals surface area contributed by atoms with Crippen LogP contribution in [0.25, 0.3) is 0 Å². The standard InChI is InChI=1S/C23H26N4O9/c24-16(22(31)32)9-10-36-15-7-3-12(4-8-15)18(26-35)20(29)25-17-11-27(21(17)30)19(23(33)34)13-1-5-14(28)6-2-13/h1-8,16-19,26,28,35H,9-11,24H2,(H,25,29)(H,31,32)(H,33,34)/p-1/t16-,17+,18-,19-/m1/s1. The third-order valence-electron chi connectivity index (χ3n) is 5.69. The third kappa shape index (κ3) is 6.07. The van der Waals surface area contributed by atoms with E-state index < -0.39 is 47.9 Å². The van der Waals surface area contributed by atoms with Gasteiger partial charge in [-0.05, 0) is 35.4 Å². The van der Waals surface area contributed by atoms with Gasteiger partial charge >= 0.3 is 0 Å². The van der Waals surface area contributed by atoms with Crippen LogP contribution >= 0.6 is 0 Å². The number of hydrogen-bond acceptors (Lipinski definition) is 10. The number of amides is 2. The predicted octanol–water partition coefficient (Wildman–Crippen LogP) is -3.64. The SMILES string of the molecule is [NH3+][C@H](CCOc1ccc([C@@H](NO)C(=O)N[C@H]2CN([C@@H](C(=O)[O-])c3ccc(O)cc3)C2=O)cc1)C(=O)[O-]. The van der Waals surface area contributed by atoms with Crippen LogP contribution in [0.2, 0.25) is 0 Å². The predicted molar refractivity (Wildman–Crippen MR) is 115 cm³/mol. The quantitative estimate of drug-likeness (QED) is 0.142. The molecule has 7 N–H and O–H groups in total. The fourth-order valence-electron chi connectivity index (χ4n) is 3.63. The second kappa shape index (κ2) is 11.5. The molecule has 13 nitrogen and oxygen atoms in total. The lowest BCUT2D eigenvalue weighted by molar-refractivity contribution is -0.438. The maximum Gasteiger partial charge on any atom is 0.247 e. The number of quaternary nitrogens is 1. The Morgan fingerprint density at radius 2 is 1.67 bits per heavy atom. The Balaban J connectivity index is 1.57. The molecular weight excluding hydrogens is 476 g/mol. The molecule has 4 atom stereocenters. The van der Waals surface area contributed by atoms with Crippen LogP contribution in [0.5, 0.6) is 11.5 Å². The maximum atomic E-state index is 12.7. The van der Waals surface area contributed by atoms with E-state index in [-0.39, 0.29) is 30.9 Å². The molecule has 0 aromatic heterocycles. The largest absolute Gasteiger partial charge is 0.548 e. The molecule has 192 valence electrons. The average Bonchev–Trinajstić information content (AvgIpc) is 2.85. The fourth-order valence-corrected chi connectivity index (χ4v) is 3.63. The highest BCUT2D eigenvalue weighted by Gasteiger charge is 2.43. The minimum absolute atomic E-state index is 0.0688. The summed E-state index contributed by atoms with van der Waals surface area (Å²) in [5.74, 6) is -3.84. The van der Waals surface area contributed by atoms with Crippen molar-refractivity contribution < 1.29 is 50.2 Å². The van der Waals surface area contributed by atoms with E-state index in [1.54, 1.807) is 0 Å². The minimum atomic E-state index is -1.51. The number of hydroxylamine groups is 1. The summed E-state index contributed by atoms with van der Waals surface area (Å²) in [4.78, 5) is 48.6. The van der Waals surface area contributed by atoms with Crippen molar-refractivity contribution >= 4 is 23.8 Å². The molecule has 36 heavy (non-hydrogen) atoms. The smallest absolute Gasteiger partial charge is 0.247 e. The number of ether oxygens (including phenoxy) is 1. The summed E-state index contributed by atoms with van der Waals surface area (Å²) in [6.07, 6.45) is 0.144. The van der Waals surface area contributed by atoms with Crippen LogP contribution in [0.1, 0.15) is 29.6 Å². The van der Waals surface area contributed by atoms with E-state index in [0.717, 1.165) is 4.90 Å². The molecule has 0 spiro atoms. The molecule has 1 saturated heterocycles. The number of likely N-dealkylation sites (tertiary alicyclic amines) is 1. The van der Waals surface area contributed by atoms with E-state index >= 15 is 0 Å². The summed E-state index contributed by atoms with van der Waals surface area (Å²) >= 11 is 0. The lowest BCUT2D eigenvalue weighted by atomic mass is 9.97. The molecule has 0 bridgehead atoms. The summed E-state index contributed by atoms with van der Waals surface area (Å²) in [5, 5.41) is 43.7. The van der Waals surface area contributed by atoms with Crippen LogP contribution in [-0.4, -0.2) is 64.2 Å². The zero-order valence-electron chi connectivity index (χ0n) is 19.0. The molecule has 2 aromatic carbocycles. The first-order chi connectivity index (χ1) is 17.1. The second-order valence-electron chi connectivity index (χ2n) is 8.15. The van der Waals surface area contributed by atoms with Crippen molar-refractivity contribution in [2.75, 3.05) is 13.2 Å². The van der Waals surface area contributed by atoms with Crippen molar-refractivity contribution in [1.82, 2.24) is 15.7 Å². The number of aliphatic carboxylic acids is 2. The van der Waals surface area contributed by atoms with Gasteiger partial charge in [-0.2, -0.15) is 5.48 Å². The monoisotopic (exact) mass is 501 g/mol. The molecular formula is C23H25N4O9-. The maximum absolute atomic E-state index is 12.7. The summed E-state index contributed by atoms with van der Waals surface area (Å²) in [7, 11) is 0. The van der Waals surface area contributed by atoms with Gasteiger partial charge in [-0.15, -0.1) is 0 Å². The molecule has 0 radical (unpaired) electrons. The van der Waals surface area contributed by atoms with Crippen LogP contribution in [0.15, 0.2) is 48.5 Å². The van der Waals surface area contributed by atoms with E-state index in [4.69, 9.17) is 4.74 Å². The highest BCUT2D eigenvalue weighted by atomic mass is 16.5. The molecule has 1 heterocycles. The zero-order valence-corrected chi connectivity index (χ0v) is 19.0. The zero-order chi connectivity index (χ0) is 26.4. The normalized spacial score (nSPS) is 17.4. The highest BCUT2D eigenvalue weighted by Crippen LogP contribution is 2.28. The number of benzene rings is 2. The third-order valence-corrected chi connectivity index (χ3v) is 5.69. The van der Waals surface area contributed by atoms with Gasteiger partial charge in [0, 0.05) is 6.42 Å². The molecule has 2 amide bonds. The van der Waals surface area contributed by atoms with Gasteiger partial charge < -0.3 is 50.8 Å². The number of carboxylic acids is 2. The number of β-lactam (4-membered cyclic amide) rings is 1. The number of aromatic hydroxyl groups is 1. The van der Waals surface area contributed by atoms with Gasteiger partial charge in [0.1, 0.15) is 29.6 Å². The van der Waals surface area contributed by atoms with Crippen LogP contribution in [0.4, 0.5) is 0 Å². The molecule has 13 heteroatoms. The Hall–Kier alpha value is -4.20. The van der Waals surface area contributed by atoms with Gasteiger partial charge in [0.05, 0.1) is 31.1 Å².